The molecule has 1 heterocycles. The summed E-state index contributed by atoms with van der Waals surface area (Å²) in [6.07, 6.45) is 0.936. The number of hydrogen-bond acceptors (Lipinski definition) is 3. The Morgan fingerprint density at radius 1 is 1.21 bits per heavy atom. The molecule has 1 aliphatic rings. The lowest BCUT2D eigenvalue weighted by molar-refractivity contribution is -0.138. The van der Waals surface area contributed by atoms with Crippen molar-refractivity contribution in [3.05, 3.63) is 0 Å². The fourth-order valence-corrected chi connectivity index (χ4v) is 2.78. The maximum Gasteiger partial charge on any atom is 0.225 e. The van der Waals surface area contributed by atoms with Crippen LogP contribution >= 0.6 is 12.2 Å². The normalized spacial score (nSPS) is 20.4. The van der Waals surface area contributed by atoms with Crippen molar-refractivity contribution in [3.8, 4) is 0 Å². The second kappa shape index (κ2) is 7.20. The number of piperazine rings is 1. The number of nitrogens with zero attached hydrogens (tertiary/aromatic N) is 2. The number of nitrogens with two attached hydrogens (primary N) is 1. The van der Waals surface area contributed by atoms with Gasteiger partial charge in [-0.05, 0) is 12.3 Å². The van der Waals surface area contributed by atoms with Crippen LogP contribution in [-0.2, 0) is 4.79 Å². The molecule has 110 valence electrons. The number of rotatable bonds is 5. The Morgan fingerprint density at radius 3 is 2.11 bits per heavy atom. The Morgan fingerprint density at radius 2 is 1.74 bits per heavy atom. The Balaban J connectivity index is 2.53. The summed E-state index contributed by atoms with van der Waals surface area (Å²) in [5, 5.41) is 0. The smallest absolute Gasteiger partial charge is 0.225 e. The van der Waals surface area contributed by atoms with Crippen molar-refractivity contribution in [2.75, 3.05) is 26.2 Å². The molecule has 0 bridgehead atoms. The monoisotopic (exact) mass is 285 g/mol. The predicted octanol–water partition coefficient (Wildman–Crippen LogP) is 1.49. The van der Waals surface area contributed by atoms with Gasteiger partial charge in [-0.2, -0.15) is 0 Å². The van der Waals surface area contributed by atoms with Gasteiger partial charge in [0.1, 0.15) is 0 Å². The van der Waals surface area contributed by atoms with Crippen LogP contribution in [0.5, 0.6) is 0 Å². The average molecular weight is 285 g/mol. The van der Waals surface area contributed by atoms with Crippen LogP contribution in [0.3, 0.4) is 0 Å². The molecular formula is C14H27N3OS. The van der Waals surface area contributed by atoms with Crippen LogP contribution in [0, 0.1) is 11.8 Å². The van der Waals surface area contributed by atoms with Gasteiger partial charge in [-0.3, -0.25) is 9.69 Å². The number of carbonyl (C=O) groups is 1. The summed E-state index contributed by atoms with van der Waals surface area (Å²) in [4.78, 5) is 17.1. The van der Waals surface area contributed by atoms with E-state index in [1.165, 1.54) is 0 Å². The lowest BCUT2D eigenvalue weighted by atomic mass is 9.96. The van der Waals surface area contributed by atoms with E-state index >= 15 is 0 Å². The van der Waals surface area contributed by atoms with E-state index in [2.05, 4.69) is 25.7 Å². The molecule has 2 N–H and O–H groups in total. The molecule has 2 unspecified atom stereocenters. The van der Waals surface area contributed by atoms with Gasteiger partial charge in [0.05, 0.1) is 11.0 Å². The first kappa shape index (κ1) is 16.4. The van der Waals surface area contributed by atoms with Gasteiger partial charge in [0.2, 0.25) is 5.91 Å². The molecule has 0 saturated carbocycles. The number of carbonyl (C=O) groups excluding carboxylic acids is 1. The molecule has 0 aromatic heterocycles. The van der Waals surface area contributed by atoms with Crippen molar-refractivity contribution in [1.82, 2.24) is 9.80 Å². The summed E-state index contributed by atoms with van der Waals surface area (Å²) < 4.78 is 0. The Kier molecular flexibility index (Phi) is 6.20. The van der Waals surface area contributed by atoms with Crippen molar-refractivity contribution < 1.29 is 4.79 Å². The van der Waals surface area contributed by atoms with Crippen LogP contribution in [0.25, 0.3) is 0 Å². The van der Waals surface area contributed by atoms with Crippen LogP contribution in [0.15, 0.2) is 0 Å². The van der Waals surface area contributed by atoms with Crippen molar-refractivity contribution in [2.24, 2.45) is 17.6 Å². The summed E-state index contributed by atoms with van der Waals surface area (Å²) in [5.74, 6) is 0.771. The zero-order valence-corrected chi connectivity index (χ0v) is 13.4. The van der Waals surface area contributed by atoms with Crippen LogP contribution in [0.1, 0.15) is 34.1 Å². The molecule has 0 radical (unpaired) electrons. The van der Waals surface area contributed by atoms with Crippen LogP contribution in [0.4, 0.5) is 0 Å². The highest BCUT2D eigenvalue weighted by molar-refractivity contribution is 7.80. The summed E-state index contributed by atoms with van der Waals surface area (Å²) in [6, 6.07) is 0.176. The molecular weight excluding hydrogens is 258 g/mol. The van der Waals surface area contributed by atoms with Gasteiger partial charge < -0.3 is 10.6 Å². The molecule has 1 rings (SSSR count). The second-order valence-electron chi connectivity index (χ2n) is 5.72. The highest BCUT2D eigenvalue weighted by atomic mass is 32.1. The van der Waals surface area contributed by atoms with Gasteiger partial charge in [0.25, 0.3) is 0 Å². The van der Waals surface area contributed by atoms with Crippen molar-refractivity contribution in [1.29, 1.82) is 0 Å². The Hall–Kier alpha value is -0.680. The quantitative estimate of drug-likeness (QED) is 0.778. The standard InChI is InChI=1S/C14H27N3OS/c1-5-12(13(15)19)16-6-8-17(9-7-16)14(18)11(4)10(2)3/h10-12H,5-9H2,1-4H3,(H2,15,19). The summed E-state index contributed by atoms with van der Waals surface area (Å²) in [7, 11) is 0. The minimum Gasteiger partial charge on any atom is -0.392 e. The summed E-state index contributed by atoms with van der Waals surface area (Å²) in [6.45, 7) is 11.6. The first-order valence-electron chi connectivity index (χ1n) is 7.20. The summed E-state index contributed by atoms with van der Waals surface area (Å²) >= 11 is 5.11. The molecule has 0 aromatic rings. The summed E-state index contributed by atoms with van der Waals surface area (Å²) in [5.41, 5.74) is 5.77. The number of hydrogen-bond donors (Lipinski definition) is 1. The molecule has 19 heavy (non-hydrogen) atoms. The topological polar surface area (TPSA) is 49.6 Å². The fourth-order valence-electron chi connectivity index (χ4n) is 2.47. The lowest BCUT2D eigenvalue weighted by Gasteiger charge is -2.39. The lowest BCUT2D eigenvalue weighted by Crippen LogP contribution is -2.55. The minimum atomic E-state index is 0.101. The maximum absolute atomic E-state index is 12.3. The van der Waals surface area contributed by atoms with E-state index in [1.54, 1.807) is 0 Å². The largest absolute Gasteiger partial charge is 0.392 e. The highest BCUT2D eigenvalue weighted by Gasteiger charge is 2.29. The predicted molar refractivity (Wildman–Crippen MR) is 83.0 cm³/mol. The van der Waals surface area contributed by atoms with Gasteiger partial charge in [-0.15, -0.1) is 0 Å². The molecule has 1 aliphatic heterocycles. The molecule has 5 heteroatoms. The molecule has 4 nitrogen and oxygen atoms in total. The van der Waals surface area contributed by atoms with E-state index in [9.17, 15) is 4.79 Å². The first-order valence-corrected chi connectivity index (χ1v) is 7.61. The second-order valence-corrected chi connectivity index (χ2v) is 6.19. The molecule has 1 amide bonds. The van der Waals surface area contributed by atoms with Gasteiger partial charge in [0.15, 0.2) is 0 Å². The Bertz CT molecular complexity index is 325. The third-order valence-corrected chi connectivity index (χ3v) is 4.44. The van der Waals surface area contributed by atoms with Crippen LogP contribution < -0.4 is 5.73 Å². The van der Waals surface area contributed by atoms with Gasteiger partial charge in [-0.1, -0.05) is 39.9 Å². The van der Waals surface area contributed by atoms with Crippen LogP contribution in [0.2, 0.25) is 0 Å². The number of thiocarbonyl (C=S) groups is 1. The average Bonchev–Trinajstić information content (AvgIpc) is 2.38. The number of amides is 1. The molecule has 0 aliphatic carbocycles. The Labute approximate surface area is 122 Å². The van der Waals surface area contributed by atoms with Gasteiger partial charge in [-0.25, -0.2) is 0 Å². The van der Waals surface area contributed by atoms with Gasteiger partial charge in [0, 0.05) is 32.1 Å². The molecule has 0 spiro atoms. The van der Waals surface area contributed by atoms with Crippen molar-refractivity contribution in [3.63, 3.8) is 0 Å². The molecule has 2 atom stereocenters. The van der Waals surface area contributed by atoms with Gasteiger partial charge >= 0.3 is 0 Å². The van der Waals surface area contributed by atoms with E-state index in [0.717, 1.165) is 32.6 Å². The molecule has 1 saturated heterocycles. The maximum atomic E-state index is 12.3. The third-order valence-electron chi connectivity index (χ3n) is 4.17. The van der Waals surface area contributed by atoms with Crippen molar-refractivity contribution >= 4 is 23.1 Å². The van der Waals surface area contributed by atoms with E-state index in [4.69, 9.17) is 18.0 Å². The highest BCUT2D eigenvalue weighted by Crippen LogP contribution is 2.16. The minimum absolute atomic E-state index is 0.101. The van der Waals surface area contributed by atoms with E-state index in [1.807, 2.05) is 11.8 Å². The molecule has 0 aromatic carbocycles. The zero-order chi connectivity index (χ0) is 14.6. The third kappa shape index (κ3) is 4.14. The SMILES string of the molecule is CCC(C(N)=S)N1CCN(C(=O)C(C)C(C)C)CC1. The van der Waals surface area contributed by atoms with E-state index in [-0.39, 0.29) is 17.9 Å². The van der Waals surface area contributed by atoms with Crippen molar-refractivity contribution in [2.45, 2.75) is 40.2 Å². The molecule has 1 fully saturated rings. The van der Waals surface area contributed by atoms with E-state index < -0.39 is 0 Å². The zero-order valence-electron chi connectivity index (χ0n) is 12.6. The van der Waals surface area contributed by atoms with Crippen LogP contribution in [-0.4, -0.2) is 52.9 Å². The van der Waals surface area contributed by atoms with E-state index in [0.29, 0.717) is 10.9 Å². The first-order chi connectivity index (χ1) is 8.88. The fraction of sp³-hybridized carbons (Fsp3) is 0.857.